The average Bonchev–Trinajstić information content (AvgIpc) is 2.12. The van der Waals surface area contributed by atoms with Crippen LogP contribution in [-0.2, 0) is 0 Å². The molecule has 0 aliphatic carbocycles. The molecule has 2 aromatic rings. The summed E-state index contributed by atoms with van der Waals surface area (Å²) in [5.74, 6) is 0. The Morgan fingerprint density at radius 3 is 2.75 bits per heavy atom. The maximum absolute atomic E-state index is 11.1. The third-order valence-corrected chi connectivity index (χ3v) is 2.07. The summed E-state index contributed by atoms with van der Waals surface area (Å²) in [6, 6.07) is 9.70. The second kappa shape index (κ2) is 2.48. The van der Waals surface area contributed by atoms with Crippen molar-refractivity contribution in [2.24, 2.45) is 0 Å². The first-order valence-electron chi connectivity index (χ1n) is 3.86. The Hall–Kier alpha value is -1.57. The van der Waals surface area contributed by atoms with E-state index in [0.717, 1.165) is 21.2 Å². The maximum Gasteiger partial charge on any atom is 0.197 e. The van der Waals surface area contributed by atoms with Gasteiger partial charge in [0, 0.05) is 18.4 Å². The number of hydrogen-bond acceptors (Lipinski definition) is 1. The van der Waals surface area contributed by atoms with Crippen LogP contribution in [0.4, 0.5) is 0 Å². The number of hydrogen-bond donors (Lipinski definition) is 0. The van der Waals surface area contributed by atoms with Gasteiger partial charge in [-0.05, 0) is 11.5 Å². The lowest BCUT2D eigenvalue weighted by Gasteiger charge is -2.02. The van der Waals surface area contributed by atoms with Crippen molar-refractivity contribution in [1.29, 1.82) is 0 Å². The zero-order valence-corrected chi connectivity index (χ0v) is 6.82. The van der Waals surface area contributed by atoms with Gasteiger partial charge in [0.15, 0.2) is 11.9 Å². The van der Waals surface area contributed by atoms with E-state index in [1.165, 1.54) is 6.20 Å². The van der Waals surface area contributed by atoms with Crippen LogP contribution in [0, 0.1) is 12.1 Å². The van der Waals surface area contributed by atoms with Crippen molar-refractivity contribution in [1.82, 2.24) is 0 Å². The van der Waals surface area contributed by atoms with Crippen LogP contribution in [-0.4, -0.2) is 0 Å². The molecule has 0 fully saturated rings. The van der Waals surface area contributed by atoms with Gasteiger partial charge in [0.1, 0.15) is 0 Å². The summed E-state index contributed by atoms with van der Waals surface area (Å²) < 4.78 is 0.891. The Labute approximate surface area is 70.7 Å². The minimum Gasteiger partial charge on any atom is -0.618 e. The normalized spacial score (nSPS) is 10.4. The molecule has 0 radical (unpaired) electrons. The van der Waals surface area contributed by atoms with Crippen LogP contribution in [0.3, 0.4) is 0 Å². The first kappa shape index (κ1) is 7.10. The standard InChI is InChI=1S/C10H9NO/c1-8-10-5-3-2-4-9(10)6-7-11(8)12/h2-7H,1H3. The number of aromatic nitrogens is 1. The van der Waals surface area contributed by atoms with Crippen LogP contribution >= 0.6 is 0 Å². The number of fused-ring (bicyclic) bond motifs is 1. The van der Waals surface area contributed by atoms with Gasteiger partial charge in [-0.15, -0.1) is 0 Å². The fourth-order valence-corrected chi connectivity index (χ4v) is 1.35. The van der Waals surface area contributed by atoms with E-state index in [1.54, 1.807) is 0 Å². The van der Waals surface area contributed by atoms with Crippen LogP contribution in [0.15, 0.2) is 36.5 Å². The van der Waals surface area contributed by atoms with Crippen molar-refractivity contribution < 1.29 is 4.73 Å². The zero-order valence-electron chi connectivity index (χ0n) is 6.82. The molecular weight excluding hydrogens is 150 g/mol. The molecule has 12 heavy (non-hydrogen) atoms. The van der Waals surface area contributed by atoms with Crippen LogP contribution in [0.5, 0.6) is 0 Å². The van der Waals surface area contributed by atoms with Gasteiger partial charge in [0.25, 0.3) is 0 Å². The molecule has 60 valence electrons. The van der Waals surface area contributed by atoms with Gasteiger partial charge in [-0.1, -0.05) is 18.2 Å². The van der Waals surface area contributed by atoms with Crippen molar-refractivity contribution in [3.05, 3.63) is 47.4 Å². The largest absolute Gasteiger partial charge is 0.618 e. The number of aryl methyl sites for hydroxylation is 1. The van der Waals surface area contributed by atoms with Gasteiger partial charge < -0.3 is 5.21 Å². The van der Waals surface area contributed by atoms with Crippen molar-refractivity contribution in [3.63, 3.8) is 0 Å². The first-order valence-corrected chi connectivity index (χ1v) is 3.86. The lowest BCUT2D eigenvalue weighted by atomic mass is 10.1. The van der Waals surface area contributed by atoms with E-state index in [-0.39, 0.29) is 0 Å². The molecule has 1 aromatic carbocycles. The summed E-state index contributed by atoms with van der Waals surface area (Å²) in [4.78, 5) is 0. The van der Waals surface area contributed by atoms with E-state index >= 15 is 0 Å². The third-order valence-electron chi connectivity index (χ3n) is 2.07. The molecule has 1 aromatic heterocycles. The third kappa shape index (κ3) is 0.925. The molecule has 0 saturated heterocycles. The summed E-state index contributed by atoms with van der Waals surface area (Å²) in [5.41, 5.74) is 0.758. The predicted molar refractivity (Wildman–Crippen MR) is 47.6 cm³/mol. The second-order valence-electron chi connectivity index (χ2n) is 2.81. The Morgan fingerprint density at radius 2 is 1.92 bits per heavy atom. The Kier molecular flexibility index (Phi) is 1.47. The monoisotopic (exact) mass is 159 g/mol. The van der Waals surface area contributed by atoms with Gasteiger partial charge in [-0.2, -0.15) is 4.73 Å². The van der Waals surface area contributed by atoms with Crippen LogP contribution in [0.25, 0.3) is 10.8 Å². The lowest BCUT2D eigenvalue weighted by Crippen LogP contribution is -2.28. The van der Waals surface area contributed by atoms with Crippen molar-refractivity contribution in [2.75, 3.05) is 0 Å². The number of nitrogens with zero attached hydrogens (tertiary/aromatic N) is 1. The molecule has 2 rings (SSSR count). The van der Waals surface area contributed by atoms with Crippen molar-refractivity contribution in [2.45, 2.75) is 6.92 Å². The summed E-state index contributed by atoms with van der Waals surface area (Å²) in [6.07, 6.45) is 1.54. The fourth-order valence-electron chi connectivity index (χ4n) is 1.35. The van der Waals surface area contributed by atoms with E-state index in [1.807, 2.05) is 37.3 Å². The molecule has 0 N–H and O–H groups in total. The smallest absolute Gasteiger partial charge is 0.197 e. The quantitative estimate of drug-likeness (QED) is 0.425. The van der Waals surface area contributed by atoms with E-state index in [2.05, 4.69) is 0 Å². The molecular formula is C10H9NO. The molecule has 1 heterocycles. The summed E-state index contributed by atoms with van der Waals surface area (Å²) in [5, 5.41) is 13.3. The van der Waals surface area contributed by atoms with Gasteiger partial charge >= 0.3 is 0 Å². The molecule has 0 unspecified atom stereocenters. The highest BCUT2D eigenvalue weighted by atomic mass is 16.5. The van der Waals surface area contributed by atoms with Gasteiger partial charge in [-0.25, -0.2) is 0 Å². The van der Waals surface area contributed by atoms with Gasteiger partial charge in [-0.3, -0.25) is 0 Å². The zero-order chi connectivity index (χ0) is 8.55. The van der Waals surface area contributed by atoms with Crippen LogP contribution in [0.2, 0.25) is 0 Å². The SMILES string of the molecule is Cc1c2ccccc2cc[n+]1[O-]. The van der Waals surface area contributed by atoms with Crippen molar-refractivity contribution >= 4 is 10.8 Å². The Morgan fingerprint density at radius 1 is 1.17 bits per heavy atom. The molecule has 0 saturated carbocycles. The van der Waals surface area contributed by atoms with Crippen LogP contribution < -0.4 is 4.73 Å². The maximum atomic E-state index is 11.1. The van der Waals surface area contributed by atoms with E-state index in [9.17, 15) is 5.21 Å². The summed E-state index contributed by atoms with van der Waals surface area (Å²) in [6.45, 7) is 1.83. The second-order valence-corrected chi connectivity index (χ2v) is 2.81. The Bertz CT molecular complexity index is 423. The first-order chi connectivity index (χ1) is 5.79. The number of rotatable bonds is 0. The molecule has 0 spiro atoms. The number of benzene rings is 1. The lowest BCUT2D eigenvalue weighted by molar-refractivity contribution is -0.610. The molecule has 0 atom stereocenters. The molecule has 0 bridgehead atoms. The van der Waals surface area contributed by atoms with Crippen molar-refractivity contribution in [3.8, 4) is 0 Å². The minimum absolute atomic E-state index is 0.758. The molecule has 0 aliphatic rings. The molecule has 2 nitrogen and oxygen atoms in total. The summed E-state index contributed by atoms with van der Waals surface area (Å²) >= 11 is 0. The molecule has 0 aliphatic heterocycles. The van der Waals surface area contributed by atoms with Gasteiger partial charge in [0.2, 0.25) is 0 Å². The van der Waals surface area contributed by atoms with E-state index < -0.39 is 0 Å². The topological polar surface area (TPSA) is 26.9 Å². The Balaban J connectivity index is 2.91. The van der Waals surface area contributed by atoms with E-state index in [4.69, 9.17) is 0 Å². The number of pyridine rings is 1. The predicted octanol–water partition coefficient (Wildman–Crippen LogP) is 1.78. The highest BCUT2D eigenvalue weighted by Gasteiger charge is 2.03. The van der Waals surface area contributed by atoms with Gasteiger partial charge in [0.05, 0.1) is 0 Å². The average molecular weight is 159 g/mol. The fraction of sp³-hybridized carbons (Fsp3) is 0.100. The van der Waals surface area contributed by atoms with E-state index in [0.29, 0.717) is 0 Å². The summed E-state index contributed by atoms with van der Waals surface area (Å²) in [7, 11) is 0. The highest BCUT2D eigenvalue weighted by molar-refractivity contribution is 5.83. The highest BCUT2D eigenvalue weighted by Crippen LogP contribution is 2.13. The minimum atomic E-state index is 0.758. The molecule has 0 amide bonds. The van der Waals surface area contributed by atoms with Crippen LogP contribution in [0.1, 0.15) is 5.69 Å². The molecule has 2 heteroatoms.